The lowest BCUT2D eigenvalue weighted by Gasteiger charge is -2.08. The highest BCUT2D eigenvalue weighted by molar-refractivity contribution is 8.00. The number of nitrogens with zero attached hydrogens (tertiary/aromatic N) is 3. The smallest absolute Gasteiger partial charge is 0.231 e. The Balaban J connectivity index is 1.66. The van der Waals surface area contributed by atoms with Crippen LogP contribution in [-0.2, 0) is 0 Å². The minimum atomic E-state index is -0.358. The first-order valence-electron chi connectivity index (χ1n) is 7.41. The molecule has 24 heavy (non-hydrogen) atoms. The number of nitrogens with one attached hydrogen (secondary N) is 1. The van der Waals surface area contributed by atoms with Crippen LogP contribution in [0.5, 0.6) is 0 Å². The molecule has 0 saturated carbocycles. The van der Waals surface area contributed by atoms with Gasteiger partial charge in [0.05, 0.1) is 16.3 Å². The lowest BCUT2D eigenvalue weighted by Crippen LogP contribution is -2.14. The molecule has 2 aromatic carbocycles. The van der Waals surface area contributed by atoms with Gasteiger partial charge in [-0.05, 0) is 43.3 Å². The fourth-order valence-corrected chi connectivity index (χ4v) is 3.53. The zero-order valence-electron chi connectivity index (χ0n) is 12.7. The van der Waals surface area contributed by atoms with E-state index in [0.29, 0.717) is 16.5 Å². The first-order chi connectivity index (χ1) is 11.6. The molecule has 0 spiro atoms. The number of rotatable bonds is 4. The van der Waals surface area contributed by atoms with E-state index in [1.165, 1.54) is 36.0 Å². The molecule has 0 fully saturated rings. The third-order valence-electron chi connectivity index (χ3n) is 3.78. The number of thioether (sulfide) groups is 1. The molecule has 0 radical (unpaired) electrons. The molecule has 1 atom stereocenters. The Hall–Kier alpha value is -2.67. The highest BCUT2D eigenvalue weighted by atomic mass is 32.2. The number of H-pyrrole nitrogens is 1. The van der Waals surface area contributed by atoms with Crippen LogP contribution >= 0.6 is 11.8 Å². The van der Waals surface area contributed by atoms with E-state index in [2.05, 4.69) is 15.2 Å². The van der Waals surface area contributed by atoms with Gasteiger partial charge in [0, 0.05) is 5.56 Å². The molecule has 0 saturated heterocycles. The number of carbonyl (C=O) groups excluding carboxylic acids is 1. The van der Waals surface area contributed by atoms with Gasteiger partial charge in [0.2, 0.25) is 5.78 Å². The van der Waals surface area contributed by atoms with Gasteiger partial charge < -0.3 is 0 Å². The van der Waals surface area contributed by atoms with Crippen molar-refractivity contribution in [1.29, 1.82) is 0 Å². The number of ketones is 1. The van der Waals surface area contributed by atoms with Gasteiger partial charge in [-0.25, -0.2) is 14.5 Å². The van der Waals surface area contributed by atoms with E-state index < -0.39 is 0 Å². The lowest BCUT2D eigenvalue weighted by atomic mass is 10.1. The minimum Gasteiger partial charge on any atom is -0.293 e. The Morgan fingerprint density at radius 3 is 2.75 bits per heavy atom. The summed E-state index contributed by atoms with van der Waals surface area (Å²) in [6, 6.07) is 13.3. The van der Waals surface area contributed by atoms with E-state index in [0.717, 1.165) is 11.0 Å². The Morgan fingerprint density at radius 2 is 1.96 bits per heavy atom. The van der Waals surface area contributed by atoms with Gasteiger partial charge in [0.25, 0.3) is 0 Å². The van der Waals surface area contributed by atoms with Crippen LogP contribution in [0.25, 0.3) is 16.8 Å². The molecule has 2 aromatic heterocycles. The number of imidazole rings is 1. The second kappa shape index (κ2) is 5.76. The quantitative estimate of drug-likeness (QED) is 0.454. The van der Waals surface area contributed by atoms with E-state index >= 15 is 0 Å². The number of benzene rings is 2. The first kappa shape index (κ1) is 14.9. The normalized spacial score (nSPS) is 12.8. The Morgan fingerprint density at radius 1 is 1.21 bits per heavy atom. The second-order valence-electron chi connectivity index (χ2n) is 5.40. The molecule has 1 N–H and O–H groups in total. The van der Waals surface area contributed by atoms with Crippen molar-refractivity contribution in [3.63, 3.8) is 0 Å². The van der Waals surface area contributed by atoms with Crippen LogP contribution in [0, 0.1) is 5.82 Å². The second-order valence-corrected chi connectivity index (χ2v) is 6.70. The van der Waals surface area contributed by atoms with Crippen molar-refractivity contribution in [1.82, 2.24) is 19.6 Å². The molecule has 2 heterocycles. The number of para-hydroxylation sites is 2. The molecule has 4 rings (SSSR count). The summed E-state index contributed by atoms with van der Waals surface area (Å²) in [7, 11) is 0. The van der Waals surface area contributed by atoms with Crippen LogP contribution in [0.2, 0.25) is 0 Å². The molecular weight excluding hydrogens is 327 g/mol. The van der Waals surface area contributed by atoms with Crippen LogP contribution < -0.4 is 0 Å². The maximum absolute atomic E-state index is 13.0. The summed E-state index contributed by atoms with van der Waals surface area (Å²) < 4.78 is 14.9. The Labute approximate surface area is 140 Å². The van der Waals surface area contributed by atoms with Crippen molar-refractivity contribution >= 4 is 34.4 Å². The summed E-state index contributed by atoms with van der Waals surface area (Å²) in [5, 5.41) is 7.46. The predicted molar refractivity (Wildman–Crippen MR) is 90.9 cm³/mol. The molecule has 4 aromatic rings. The van der Waals surface area contributed by atoms with Gasteiger partial charge >= 0.3 is 0 Å². The van der Waals surface area contributed by atoms with E-state index in [9.17, 15) is 9.18 Å². The van der Waals surface area contributed by atoms with E-state index in [4.69, 9.17) is 0 Å². The van der Waals surface area contributed by atoms with E-state index in [1.54, 1.807) is 0 Å². The fourth-order valence-electron chi connectivity index (χ4n) is 2.58. The lowest BCUT2D eigenvalue weighted by molar-refractivity contribution is 0.0994. The maximum atomic E-state index is 13.0. The van der Waals surface area contributed by atoms with Crippen LogP contribution in [0.3, 0.4) is 0 Å². The average Bonchev–Trinajstić information content (AvgIpc) is 3.14. The van der Waals surface area contributed by atoms with Crippen molar-refractivity contribution in [3.8, 4) is 0 Å². The molecule has 7 heteroatoms. The SMILES string of the molecule is C[C@H](Sc1n[nH]c2nc3ccccc3n12)C(=O)c1ccc(F)cc1. The molecule has 120 valence electrons. The van der Waals surface area contributed by atoms with Crippen LogP contribution in [0.1, 0.15) is 17.3 Å². The zero-order valence-corrected chi connectivity index (χ0v) is 13.5. The monoisotopic (exact) mass is 340 g/mol. The van der Waals surface area contributed by atoms with Crippen LogP contribution in [0.4, 0.5) is 4.39 Å². The first-order valence-corrected chi connectivity index (χ1v) is 8.29. The van der Waals surface area contributed by atoms with Crippen molar-refractivity contribution < 1.29 is 9.18 Å². The van der Waals surface area contributed by atoms with Crippen molar-refractivity contribution in [3.05, 3.63) is 59.9 Å². The number of hydrogen-bond acceptors (Lipinski definition) is 4. The predicted octanol–water partition coefficient (Wildman–Crippen LogP) is 3.71. The summed E-state index contributed by atoms with van der Waals surface area (Å²) in [5.74, 6) is 0.214. The van der Waals surface area contributed by atoms with Gasteiger partial charge in [-0.2, -0.15) is 0 Å². The van der Waals surface area contributed by atoms with Crippen molar-refractivity contribution in [2.24, 2.45) is 0 Å². The topological polar surface area (TPSA) is 63.1 Å². The molecule has 5 nitrogen and oxygen atoms in total. The Bertz CT molecular complexity index is 1040. The largest absolute Gasteiger partial charge is 0.293 e. The van der Waals surface area contributed by atoms with Crippen molar-refractivity contribution in [2.45, 2.75) is 17.3 Å². The van der Waals surface area contributed by atoms with Gasteiger partial charge in [-0.15, -0.1) is 5.10 Å². The third-order valence-corrected chi connectivity index (χ3v) is 4.84. The summed E-state index contributed by atoms with van der Waals surface area (Å²) in [6.07, 6.45) is 0. The third kappa shape index (κ3) is 2.46. The van der Waals surface area contributed by atoms with E-state index in [-0.39, 0.29) is 16.9 Å². The number of aromatic nitrogens is 4. The number of aromatic amines is 1. The number of carbonyl (C=O) groups is 1. The number of halogens is 1. The van der Waals surface area contributed by atoms with Gasteiger partial charge in [0.15, 0.2) is 10.9 Å². The molecule has 0 aliphatic rings. The van der Waals surface area contributed by atoms with Crippen molar-refractivity contribution in [2.75, 3.05) is 0 Å². The van der Waals surface area contributed by atoms with E-state index in [1.807, 2.05) is 35.6 Å². The number of fused-ring (bicyclic) bond motifs is 3. The highest BCUT2D eigenvalue weighted by Crippen LogP contribution is 2.27. The van der Waals surface area contributed by atoms with Crippen LogP contribution in [0.15, 0.2) is 53.7 Å². The Kier molecular flexibility index (Phi) is 3.57. The molecule has 0 aliphatic heterocycles. The summed E-state index contributed by atoms with van der Waals surface area (Å²) in [4.78, 5) is 17.0. The minimum absolute atomic E-state index is 0.0689. The standard InChI is InChI=1S/C17H13FN4OS/c1-10(15(23)11-6-8-12(18)9-7-11)24-17-21-20-16-19-13-4-2-3-5-14(13)22(16)17/h2-10H,1H3,(H,19,20)/t10-/m0/s1. The number of Topliss-reactive ketones (excluding diaryl/α,β-unsaturated/α-hetero) is 1. The number of hydrogen-bond donors (Lipinski definition) is 1. The summed E-state index contributed by atoms with van der Waals surface area (Å²) >= 11 is 1.34. The molecule has 0 aliphatic carbocycles. The zero-order chi connectivity index (χ0) is 16.7. The summed E-state index contributed by atoms with van der Waals surface area (Å²) in [5.41, 5.74) is 2.29. The molecule has 0 bridgehead atoms. The van der Waals surface area contributed by atoms with Gasteiger partial charge in [-0.3, -0.25) is 9.20 Å². The fraction of sp³-hybridized carbons (Fsp3) is 0.118. The summed E-state index contributed by atoms with van der Waals surface area (Å²) in [6.45, 7) is 1.82. The van der Waals surface area contributed by atoms with Gasteiger partial charge in [-0.1, -0.05) is 23.9 Å². The van der Waals surface area contributed by atoms with Gasteiger partial charge in [0.1, 0.15) is 5.82 Å². The average molecular weight is 340 g/mol. The molecular formula is C17H13FN4OS. The molecule has 0 unspecified atom stereocenters. The highest BCUT2D eigenvalue weighted by Gasteiger charge is 2.20. The van der Waals surface area contributed by atoms with Crippen LogP contribution in [-0.4, -0.2) is 30.6 Å². The maximum Gasteiger partial charge on any atom is 0.231 e. The molecule has 0 amide bonds.